The summed E-state index contributed by atoms with van der Waals surface area (Å²) in [5, 5.41) is 84.8. The molecular weight excluding hydrogens is 827 g/mol. The molecule has 3 nitrogen and oxygen atoms in total. The number of aliphatic imine (C=N–C) groups is 1. The quantitative estimate of drug-likeness (QED) is 0.129. The fourth-order valence-electron chi connectivity index (χ4n) is 24.8. The molecule has 68 heavy (non-hydrogen) atoms. The normalized spacial score (nSPS) is 23.7. The van der Waals surface area contributed by atoms with Crippen LogP contribution in [0, 0.1) is 0 Å². The Labute approximate surface area is 368 Å². The highest BCUT2D eigenvalue weighted by Crippen LogP contribution is 2.85. The van der Waals surface area contributed by atoms with Crippen LogP contribution in [0.5, 0.6) is 0 Å². The van der Waals surface area contributed by atoms with Crippen molar-refractivity contribution in [3.63, 3.8) is 0 Å². The number of hydrogen-bond acceptors (Lipinski definition) is 3. The first kappa shape index (κ1) is 24.9. The van der Waals surface area contributed by atoms with Gasteiger partial charge in [0.15, 0.2) is 6.04 Å². The van der Waals surface area contributed by atoms with Gasteiger partial charge >= 0.3 is 5.97 Å². The second-order valence-electron chi connectivity index (χ2n) is 24.8. The minimum absolute atomic E-state index is 0.141. The van der Waals surface area contributed by atoms with E-state index in [9.17, 15) is 0 Å². The van der Waals surface area contributed by atoms with E-state index in [4.69, 9.17) is 9.73 Å². The minimum Gasteiger partial charge on any atom is -0.464 e. The predicted molar refractivity (Wildman–Crippen MR) is 283 cm³/mol. The zero-order chi connectivity index (χ0) is 40.5. The molecule has 33 rings (SSSR count). The van der Waals surface area contributed by atoms with Gasteiger partial charge in [0.05, 0.1) is 17.4 Å². The molecule has 0 saturated heterocycles. The van der Waals surface area contributed by atoms with Crippen molar-refractivity contribution in [2.24, 2.45) is 4.99 Å². The maximum absolute atomic E-state index is 15.6. The van der Waals surface area contributed by atoms with Gasteiger partial charge in [0, 0.05) is 6.21 Å². The molecule has 1 unspecified atom stereocenters. The number of ether oxygens (including phenoxy) is 1. The van der Waals surface area contributed by atoms with Crippen LogP contribution >= 0.6 is 0 Å². The summed E-state index contributed by atoms with van der Waals surface area (Å²) in [7, 11) is 0. The number of esters is 1. The van der Waals surface area contributed by atoms with E-state index in [-0.39, 0.29) is 5.97 Å². The number of rotatable bonds is 2. The first-order chi connectivity index (χ1) is 33.8. The van der Waals surface area contributed by atoms with E-state index < -0.39 is 16.9 Å². The number of benzene rings is 18. The molecule has 0 radical (unpaired) electrons. The van der Waals surface area contributed by atoms with Crippen molar-refractivity contribution in [3.05, 3.63) is 22.3 Å². The molecular formula is C65H7NO2. The summed E-state index contributed by atoms with van der Waals surface area (Å²) in [5.41, 5.74) is 4.55. The van der Waals surface area contributed by atoms with Crippen LogP contribution in [0.3, 0.4) is 0 Å². The van der Waals surface area contributed by atoms with Gasteiger partial charge in [-0.25, -0.2) is 4.79 Å². The second-order valence-corrected chi connectivity index (χ2v) is 24.8. The van der Waals surface area contributed by atoms with Gasteiger partial charge in [-0.1, -0.05) is 0 Å². The molecule has 0 bridgehead atoms. The molecule has 28 aromatic rings. The molecule has 1 aliphatic heterocycles. The molecule has 3 heteroatoms. The SMILES string of the molecule is CCOC(=O)C1N=CC23c4c5c6c7c8c9c(c%10c%11c2c2c4c4c%12c5c5c6c6c8c8c%13c9c9c%10c%10c%11c%11c2c2c4c4c%12c%12c5c5c6c8c6c8c%13c9c9c%10c%10c%11c2c2c4c4c%12c5c6c5c8c9c%10c2c45)C713. The molecule has 0 fully saturated rings. The lowest BCUT2D eigenvalue weighted by Gasteiger charge is -2.50. The molecule has 28 aromatic carbocycles. The van der Waals surface area contributed by atoms with Crippen LogP contribution in [-0.4, -0.2) is 24.8 Å². The van der Waals surface area contributed by atoms with E-state index in [0.717, 1.165) is 0 Å². The first-order valence-corrected chi connectivity index (χ1v) is 25.3. The van der Waals surface area contributed by atoms with Crippen LogP contribution in [0.25, 0.3) is 291 Å². The third kappa shape index (κ3) is 1.25. The van der Waals surface area contributed by atoms with Gasteiger partial charge in [-0.3, -0.25) is 4.99 Å². The summed E-state index contributed by atoms with van der Waals surface area (Å²) < 4.78 is 6.42. The summed E-state index contributed by atoms with van der Waals surface area (Å²) in [6.07, 6.45) is 2.43. The molecule has 284 valence electrons. The van der Waals surface area contributed by atoms with Gasteiger partial charge in [-0.15, -0.1) is 0 Å². The van der Waals surface area contributed by atoms with Crippen LogP contribution in [-0.2, 0) is 20.4 Å². The van der Waals surface area contributed by atoms with Crippen molar-refractivity contribution >= 4 is 303 Å². The number of hydrogen-bond donors (Lipinski definition) is 0. The maximum Gasteiger partial charge on any atom is 0.332 e. The Morgan fingerprint density at radius 2 is 0.500 bits per heavy atom. The van der Waals surface area contributed by atoms with Crippen LogP contribution in [0.1, 0.15) is 29.2 Å². The average Bonchev–Trinajstić information content (AvgIpc) is 4.27. The summed E-state index contributed by atoms with van der Waals surface area (Å²) in [6, 6.07) is -0.682. The summed E-state index contributed by atoms with van der Waals surface area (Å²) in [5.74, 6) is -0.141. The molecule has 2 spiro atoms. The van der Waals surface area contributed by atoms with Gasteiger partial charge in [0.1, 0.15) is 0 Å². The fraction of sp³-hybridized carbons (Fsp3) is 0.0769. The molecule has 0 aromatic heterocycles. The molecule has 4 aliphatic carbocycles. The van der Waals surface area contributed by atoms with Crippen LogP contribution in [0.15, 0.2) is 4.99 Å². The average molecular weight is 834 g/mol. The van der Waals surface area contributed by atoms with Crippen LogP contribution in [0.2, 0.25) is 0 Å². The maximum atomic E-state index is 15.6. The zero-order valence-corrected chi connectivity index (χ0v) is 34.6. The Morgan fingerprint density at radius 1 is 0.324 bits per heavy atom. The molecule has 0 N–H and O–H groups in total. The highest BCUT2D eigenvalue weighted by Gasteiger charge is 2.75. The second kappa shape index (κ2) is 5.52. The lowest BCUT2D eigenvalue weighted by atomic mass is 9.48. The van der Waals surface area contributed by atoms with Crippen molar-refractivity contribution in [2.75, 3.05) is 6.61 Å². The van der Waals surface area contributed by atoms with E-state index in [1.807, 2.05) is 6.92 Å². The molecule has 1 atom stereocenters. The first-order valence-electron chi connectivity index (χ1n) is 25.3. The third-order valence-electron chi connectivity index (χ3n) is 24.8. The molecule has 1 heterocycles. The van der Waals surface area contributed by atoms with E-state index >= 15 is 4.79 Å². The zero-order valence-electron chi connectivity index (χ0n) is 34.6. The number of carbonyl (C=O) groups excluding carboxylic acids is 1. The van der Waals surface area contributed by atoms with Crippen molar-refractivity contribution < 1.29 is 9.53 Å². The van der Waals surface area contributed by atoms with E-state index in [2.05, 4.69) is 6.21 Å². The summed E-state index contributed by atoms with van der Waals surface area (Å²) >= 11 is 0. The van der Waals surface area contributed by atoms with Gasteiger partial charge in [-0.05, 0) is 320 Å². The highest BCUT2D eigenvalue weighted by molar-refractivity contribution is 6.82. The standard InChI is InChI=1S/C65H7NO2/c1-2-68-63(67)62-65-60-54-48-38-26-18-10-6-4-5-8-12(10)20(26)30-24-16(8)17-9(5)13-11-7(4)15-14(6)22-28(18)36-42-32(22)33-23(15)29-19(11)27-21(13)31-25(17)35-34(24)46(40(30)48)56(60)57-47(35)41(31)49-39(27)45-37(29)43(33)51-50(42)58(52(54)44(36)38)64(65,3-66-62)59(51)53(45)55(49)61(57)65/h3,62H,2H2,1H3. The van der Waals surface area contributed by atoms with Gasteiger partial charge < -0.3 is 4.74 Å². The molecule has 5 aliphatic rings. The van der Waals surface area contributed by atoms with E-state index in [1.165, 1.54) is 86.9 Å². The Kier molecular flexibility index (Phi) is 2.03. The Bertz CT molecular complexity index is 7000. The Hall–Kier alpha value is -8.40. The lowest BCUT2D eigenvalue weighted by molar-refractivity contribution is -0.146. The number of carbonyl (C=O) groups is 1. The monoisotopic (exact) mass is 833 g/mol. The Morgan fingerprint density at radius 3 is 0.691 bits per heavy atom. The van der Waals surface area contributed by atoms with Crippen molar-refractivity contribution in [1.29, 1.82) is 0 Å². The largest absolute Gasteiger partial charge is 0.464 e. The summed E-state index contributed by atoms with van der Waals surface area (Å²) in [4.78, 5) is 21.4. The van der Waals surface area contributed by atoms with Crippen molar-refractivity contribution in [3.8, 4) is 0 Å². The van der Waals surface area contributed by atoms with Gasteiger partial charge in [0.25, 0.3) is 0 Å². The van der Waals surface area contributed by atoms with E-state index in [0.29, 0.717) is 6.61 Å². The minimum atomic E-state index is -0.759. The van der Waals surface area contributed by atoms with Gasteiger partial charge in [-0.2, -0.15) is 0 Å². The van der Waals surface area contributed by atoms with Gasteiger partial charge in [0.2, 0.25) is 0 Å². The third-order valence-corrected chi connectivity index (χ3v) is 24.8. The highest BCUT2D eigenvalue weighted by atomic mass is 16.5. The molecule has 0 saturated carbocycles. The lowest BCUT2D eigenvalue weighted by Crippen LogP contribution is -2.57. The smallest absolute Gasteiger partial charge is 0.332 e. The van der Waals surface area contributed by atoms with Crippen molar-refractivity contribution in [2.45, 2.75) is 23.8 Å². The van der Waals surface area contributed by atoms with Crippen LogP contribution < -0.4 is 0 Å². The number of nitrogens with zero attached hydrogens (tertiary/aromatic N) is 1. The Balaban J connectivity index is 1.22. The van der Waals surface area contributed by atoms with Crippen LogP contribution in [0.4, 0.5) is 0 Å². The molecule has 0 amide bonds. The predicted octanol–water partition coefficient (Wildman–Crippen LogP) is 16.3. The topological polar surface area (TPSA) is 38.7 Å². The van der Waals surface area contributed by atoms with Crippen molar-refractivity contribution in [1.82, 2.24) is 0 Å². The summed E-state index contributed by atoms with van der Waals surface area (Å²) in [6.45, 7) is 2.35. The van der Waals surface area contributed by atoms with E-state index in [1.54, 1.807) is 226 Å². The fourth-order valence-corrected chi connectivity index (χ4v) is 24.8.